The lowest BCUT2D eigenvalue weighted by Gasteiger charge is -2.08. The van der Waals surface area contributed by atoms with Gasteiger partial charge in [-0.1, -0.05) is 0 Å². The fraction of sp³-hybridized carbons (Fsp3) is 0.333. The van der Waals surface area contributed by atoms with Gasteiger partial charge in [0.2, 0.25) is 0 Å². The zero-order chi connectivity index (χ0) is 10.6. The second-order valence-corrected chi connectivity index (χ2v) is 3.67. The first-order valence-corrected chi connectivity index (χ1v) is 5.03. The Labute approximate surface area is 89.6 Å². The molecule has 0 spiro atoms. The average Bonchev–Trinajstić information content (AvgIpc) is 2.09. The first-order valence-electron chi connectivity index (χ1n) is 4.23. The molecule has 0 aliphatic rings. The van der Waals surface area contributed by atoms with Crippen LogP contribution < -0.4 is 11.1 Å². The van der Waals surface area contributed by atoms with E-state index >= 15 is 0 Å². The molecule has 1 aromatic carbocycles. The molecular weight excluding hydrogens is 254 g/mol. The summed E-state index contributed by atoms with van der Waals surface area (Å²) in [4.78, 5) is 0. The predicted octanol–water partition coefficient (Wildman–Crippen LogP) is 2.49. The van der Waals surface area contributed by atoms with Crippen LogP contribution in [0.4, 0.5) is 14.5 Å². The van der Waals surface area contributed by atoms with Gasteiger partial charge in [-0.3, -0.25) is 0 Å². The molecule has 0 bridgehead atoms. The zero-order valence-electron chi connectivity index (χ0n) is 7.49. The van der Waals surface area contributed by atoms with Crippen LogP contribution >= 0.6 is 15.9 Å². The Hall–Kier alpha value is -0.680. The van der Waals surface area contributed by atoms with Crippen molar-refractivity contribution < 1.29 is 8.78 Å². The van der Waals surface area contributed by atoms with E-state index in [4.69, 9.17) is 5.73 Å². The molecule has 0 radical (unpaired) electrons. The highest BCUT2D eigenvalue weighted by molar-refractivity contribution is 9.10. The number of nitrogens with two attached hydrogens (primary N) is 1. The third kappa shape index (κ3) is 2.92. The standard InChI is InChI=1S/C9H11BrF2N2/c10-7-4-6(11)5-8(12)9(7)14-3-1-2-13/h4-5,14H,1-3,13H2. The molecule has 0 fully saturated rings. The summed E-state index contributed by atoms with van der Waals surface area (Å²) < 4.78 is 26.2. The van der Waals surface area contributed by atoms with Crippen molar-refractivity contribution >= 4 is 21.6 Å². The molecule has 0 saturated heterocycles. The lowest BCUT2D eigenvalue weighted by Crippen LogP contribution is -2.09. The average molecular weight is 265 g/mol. The molecule has 0 aliphatic carbocycles. The Morgan fingerprint density at radius 2 is 2.07 bits per heavy atom. The molecular formula is C9H11BrF2N2. The van der Waals surface area contributed by atoms with Crippen molar-refractivity contribution in [1.29, 1.82) is 0 Å². The van der Waals surface area contributed by atoms with Crippen molar-refractivity contribution in [2.75, 3.05) is 18.4 Å². The van der Waals surface area contributed by atoms with Crippen molar-refractivity contribution in [2.45, 2.75) is 6.42 Å². The Balaban J connectivity index is 2.75. The molecule has 3 N–H and O–H groups in total. The van der Waals surface area contributed by atoms with Crippen molar-refractivity contribution in [3.8, 4) is 0 Å². The molecule has 14 heavy (non-hydrogen) atoms. The molecule has 2 nitrogen and oxygen atoms in total. The molecule has 0 unspecified atom stereocenters. The van der Waals surface area contributed by atoms with E-state index in [9.17, 15) is 8.78 Å². The van der Waals surface area contributed by atoms with Gasteiger partial charge >= 0.3 is 0 Å². The molecule has 0 aliphatic heterocycles. The number of rotatable bonds is 4. The maximum Gasteiger partial charge on any atom is 0.150 e. The fourth-order valence-electron chi connectivity index (χ4n) is 1.03. The fourth-order valence-corrected chi connectivity index (χ4v) is 1.57. The van der Waals surface area contributed by atoms with Crippen LogP contribution in [0.15, 0.2) is 16.6 Å². The van der Waals surface area contributed by atoms with Gasteiger partial charge < -0.3 is 11.1 Å². The molecule has 0 aromatic heterocycles. The smallest absolute Gasteiger partial charge is 0.150 e. The molecule has 5 heteroatoms. The molecule has 1 aromatic rings. The number of hydrogen-bond acceptors (Lipinski definition) is 2. The van der Waals surface area contributed by atoms with Gasteiger partial charge in [0.1, 0.15) is 11.6 Å². The van der Waals surface area contributed by atoms with E-state index < -0.39 is 11.6 Å². The number of hydrogen-bond donors (Lipinski definition) is 2. The summed E-state index contributed by atoms with van der Waals surface area (Å²) in [5, 5.41) is 2.84. The Morgan fingerprint density at radius 3 is 2.64 bits per heavy atom. The minimum absolute atomic E-state index is 0.278. The van der Waals surface area contributed by atoms with Crippen LogP contribution in [-0.2, 0) is 0 Å². The van der Waals surface area contributed by atoms with E-state index in [2.05, 4.69) is 21.2 Å². The first-order chi connectivity index (χ1) is 6.65. The van der Waals surface area contributed by atoms with Gasteiger partial charge in [0, 0.05) is 17.1 Å². The van der Waals surface area contributed by atoms with Crippen LogP contribution in [0, 0.1) is 11.6 Å². The Kier molecular flexibility index (Phi) is 4.28. The second-order valence-electron chi connectivity index (χ2n) is 2.81. The third-order valence-corrected chi connectivity index (χ3v) is 2.31. The zero-order valence-corrected chi connectivity index (χ0v) is 9.07. The minimum atomic E-state index is -0.603. The normalized spacial score (nSPS) is 10.3. The van der Waals surface area contributed by atoms with E-state index in [0.29, 0.717) is 17.6 Å². The third-order valence-electron chi connectivity index (χ3n) is 1.69. The van der Waals surface area contributed by atoms with Crippen LogP contribution in [-0.4, -0.2) is 13.1 Å². The van der Waals surface area contributed by atoms with Crippen molar-refractivity contribution in [1.82, 2.24) is 0 Å². The lowest BCUT2D eigenvalue weighted by atomic mass is 10.3. The molecule has 78 valence electrons. The maximum atomic E-state index is 13.2. The van der Waals surface area contributed by atoms with Gasteiger partial charge in [-0.2, -0.15) is 0 Å². The minimum Gasteiger partial charge on any atom is -0.382 e. The molecule has 0 amide bonds. The summed E-state index contributed by atoms with van der Waals surface area (Å²) in [5.41, 5.74) is 5.57. The summed E-state index contributed by atoms with van der Waals surface area (Å²) >= 11 is 3.08. The number of halogens is 3. The van der Waals surface area contributed by atoms with Crippen LogP contribution in [0.5, 0.6) is 0 Å². The molecule has 0 atom stereocenters. The van der Waals surface area contributed by atoms with Gasteiger partial charge in [0.05, 0.1) is 5.69 Å². The molecule has 1 rings (SSSR count). The van der Waals surface area contributed by atoms with Crippen molar-refractivity contribution in [3.63, 3.8) is 0 Å². The summed E-state index contributed by atoms with van der Waals surface area (Å²) in [5.74, 6) is -1.20. The second kappa shape index (κ2) is 5.26. The summed E-state index contributed by atoms with van der Waals surface area (Å²) in [7, 11) is 0. The Bertz CT molecular complexity index is 295. The lowest BCUT2D eigenvalue weighted by molar-refractivity contribution is 0.583. The Morgan fingerprint density at radius 1 is 1.36 bits per heavy atom. The van der Waals surface area contributed by atoms with Gasteiger partial charge in [0.25, 0.3) is 0 Å². The number of nitrogens with one attached hydrogen (secondary N) is 1. The van der Waals surface area contributed by atoms with Crippen LogP contribution in [0.25, 0.3) is 0 Å². The highest BCUT2D eigenvalue weighted by Crippen LogP contribution is 2.26. The van der Waals surface area contributed by atoms with E-state index in [1.807, 2.05) is 0 Å². The van der Waals surface area contributed by atoms with Crippen LogP contribution in [0.3, 0.4) is 0 Å². The molecule has 0 heterocycles. The van der Waals surface area contributed by atoms with E-state index in [1.165, 1.54) is 6.07 Å². The van der Waals surface area contributed by atoms with E-state index in [1.54, 1.807) is 0 Å². The van der Waals surface area contributed by atoms with Gasteiger partial charge in [-0.25, -0.2) is 8.78 Å². The SMILES string of the molecule is NCCCNc1c(F)cc(F)cc1Br. The van der Waals surface area contributed by atoms with Gasteiger partial charge in [-0.05, 0) is 35.0 Å². The van der Waals surface area contributed by atoms with Crippen molar-refractivity contribution in [3.05, 3.63) is 28.2 Å². The van der Waals surface area contributed by atoms with Crippen LogP contribution in [0.2, 0.25) is 0 Å². The summed E-state index contributed by atoms with van der Waals surface area (Å²) in [6.07, 6.45) is 0.739. The quantitative estimate of drug-likeness (QED) is 0.821. The maximum absolute atomic E-state index is 13.2. The first kappa shape index (κ1) is 11.4. The largest absolute Gasteiger partial charge is 0.382 e. The van der Waals surface area contributed by atoms with Crippen LogP contribution in [0.1, 0.15) is 6.42 Å². The highest BCUT2D eigenvalue weighted by atomic mass is 79.9. The summed E-state index contributed by atoms with van der Waals surface area (Å²) in [6, 6.07) is 2.06. The van der Waals surface area contributed by atoms with Crippen molar-refractivity contribution in [2.24, 2.45) is 5.73 Å². The van der Waals surface area contributed by atoms with Gasteiger partial charge in [0.15, 0.2) is 0 Å². The number of anilines is 1. The van der Waals surface area contributed by atoms with E-state index in [0.717, 1.165) is 12.5 Å². The topological polar surface area (TPSA) is 38.0 Å². The highest BCUT2D eigenvalue weighted by Gasteiger charge is 2.08. The summed E-state index contributed by atoms with van der Waals surface area (Å²) in [6.45, 7) is 1.10. The molecule has 0 saturated carbocycles. The number of benzene rings is 1. The van der Waals surface area contributed by atoms with Gasteiger partial charge in [-0.15, -0.1) is 0 Å². The van der Waals surface area contributed by atoms with E-state index in [-0.39, 0.29) is 5.69 Å². The predicted molar refractivity (Wildman–Crippen MR) is 56.2 cm³/mol. The monoisotopic (exact) mass is 264 g/mol.